The molecule has 1 nitrogen and oxygen atoms in total. The second-order valence-electron chi connectivity index (χ2n) is 14.1. The molecule has 1 heterocycles. The highest BCUT2D eigenvalue weighted by Gasteiger charge is 2.58. The van der Waals surface area contributed by atoms with Crippen LogP contribution in [0.1, 0.15) is 98.6 Å². The number of fused-ring (bicyclic) bond motifs is 4. The molecule has 180 valence electrons. The zero-order valence-corrected chi connectivity index (χ0v) is 23.6. The largest absolute Gasteiger partial charge is 0.314 e. The zero-order valence-electron chi connectivity index (χ0n) is 22.6. The molecule has 1 saturated carbocycles. The fraction of sp³-hybridized carbons (Fsp3) is 0.677. The molecule has 5 rings (SSSR count). The number of hydrogen-bond donors (Lipinski definition) is 0. The highest BCUT2D eigenvalue weighted by molar-refractivity contribution is 6.79. The van der Waals surface area contributed by atoms with Crippen molar-refractivity contribution in [2.24, 2.45) is 11.8 Å². The van der Waals surface area contributed by atoms with E-state index in [0.717, 1.165) is 17.4 Å². The van der Waals surface area contributed by atoms with E-state index in [4.69, 9.17) is 0 Å². The average Bonchev–Trinajstić information content (AvgIpc) is 3.23. The zero-order chi connectivity index (χ0) is 23.8. The lowest BCUT2D eigenvalue weighted by Crippen LogP contribution is -2.70. The summed E-state index contributed by atoms with van der Waals surface area (Å²) in [5.74, 6) is 1.48. The molecular formula is C31H47NSi. The normalized spacial score (nSPS) is 30.4. The maximum atomic E-state index is 3.13. The molecule has 3 atom stereocenters. The first-order valence-electron chi connectivity index (χ1n) is 13.7. The Labute approximate surface area is 204 Å². The molecule has 0 N–H and O–H groups in total. The van der Waals surface area contributed by atoms with E-state index in [1.165, 1.54) is 55.3 Å². The summed E-state index contributed by atoms with van der Waals surface area (Å²) in [6, 6.07) is 12.2. The minimum absolute atomic E-state index is 0.134. The second kappa shape index (κ2) is 7.69. The molecule has 0 spiro atoms. The number of allylic oxidation sites excluding steroid dienone is 4. The lowest BCUT2D eigenvalue weighted by molar-refractivity contribution is 0.117. The van der Waals surface area contributed by atoms with E-state index in [1.807, 2.05) is 0 Å². The van der Waals surface area contributed by atoms with Crippen LogP contribution in [0.15, 0.2) is 42.0 Å². The average molecular weight is 462 g/mol. The maximum Gasteiger partial charge on any atom is 0.133 e. The van der Waals surface area contributed by atoms with E-state index < -0.39 is 8.24 Å². The Morgan fingerprint density at radius 3 is 2.12 bits per heavy atom. The van der Waals surface area contributed by atoms with Gasteiger partial charge in [-0.1, -0.05) is 75.9 Å². The van der Waals surface area contributed by atoms with Gasteiger partial charge in [-0.15, -0.1) is 0 Å². The van der Waals surface area contributed by atoms with Crippen molar-refractivity contribution in [3.05, 3.63) is 53.1 Å². The van der Waals surface area contributed by atoms with Crippen molar-refractivity contribution >= 4 is 13.8 Å². The quantitative estimate of drug-likeness (QED) is 0.398. The van der Waals surface area contributed by atoms with E-state index in [0.29, 0.717) is 0 Å². The van der Waals surface area contributed by atoms with Crippen LogP contribution < -0.4 is 0 Å². The lowest BCUT2D eigenvalue weighted by Gasteiger charge is -2.61. The van der Waals surface area contributed by atoms with Crippen LogP contribution in [0, 0.1) is 11.8 Å². The lowest BCUT2D eigenvalue weighted by atomic mass is 9.76. The van der Waals surface area contributed by atoms with Crippen LogP contribution >= 0.6 is 0 Å². The maximum absolute atomic E-state index is 3.13. The van der Waals surface area contributed by atoms with Crippen LogP contribution in [-0.4, -0.2) is 23.9 Å². The van der Waals surface area contributed by atoms with Crippen molar-refractivity contribution in [3.8, 4) is 0 Å². The summed E-state index contributed by atoms with van der Waals surface area (Å²) >= 11 is 0. The summed E-state index contributed by atoms with van der Waals surface area (Å²) < 4.78 is 3.13. The molecule has 1 saturated heterocycles. The van der Waals surface area contributed by atoms with Gasteiger partial charge in [-0.3, -0.25) is 0 Å². The highest BCUT2D eigenvalue weighted by atomic mass is 28.3. The molecular weight excluding hydrogens is 414 g/mol. The van der Waals surface area contributed by atoms with Gasteiger partial charge in [-0.2, -0.15) is 0 Å². The SMILES string of the molecule is CC1(C)C2=CC3C(C=C2c2ccccc21)CCC3[Si]1(N(C(C)(C)C)C(C)(C)C)CCCCC1. The summed E-state index contributed by atoms with van der Waals surface area (Å²) in [5, 5.41) is 0. The Kier molecular flexibility index (Phi) is 5.50. The monoisotopic (exact) mass is 461 g/mol. The third kappa shape index (κ3) is 3.57. The van der Waals surface area contributed by atoms with Gasteiger partial charge in [0, 0.05) is 16.5 Å². The Balaban J connectivity index is 1.61. The molecule has 0 bridgehead atoms. The van der Waals surface area contributed by atoms with Gasteiger partial charge in [0.25, 0.3) is 0 Å². The molecule has 2 fully saturated rings. The van der Waals surface area contributed by atoms with E-state index in [9.17, 15) is 0 Å². The van der Waals surface area contributed by atoms with Gasteiger partial charge in [-0.05, 0) is 99.7 Å². The fourth-order valence-corrected chi connectivity index (χ4v) is 17.1. The van der Waals surface area contributed by atoms with Crippen LogP contribution in [0.4, 0.5) is 0 Å². The molecule has 0 aromatic heterocycles. The third-order valence-electron chi connectivity index (χ3n) is 9.56. The van der Waals surface area contributed by atoms with Gasteiger partial charge in [0.05, 0.1) is 0 Å². The number of benzene rings is 1. The number of rotatable bonds is 2. The Morgan fingerprint density at radius 1 is 0.848 bits per heavy atom. The van der Waals surface area contributed by atoms with Crippen molar-refractivity contribution in [1.29, 1.82) is 0 Å². The molecule has 0 radical (unpaired) electrons. The third-order valence-corrected chi connectivity index (χ3v) is 16.3. The van der Waals surface area contributed by atoms with Gasteiger partial charge in [0.15, 0.2) is 0 Å². The second-order valence-corrected chi connectivity index (χ2v) is 18.5. The van der Waals surface area contributed by atoms with Crippen LogP contribution in [0.5, 0.6) is 0 Å². The number of nitrogens with zero attached hydrogens (tertiary/aromatic N) is 1. The molecule has 0 amide bonds. The van der Waals surface area contributed by atoms with Gasteiger partial charge in [-0.25, -0.2) is 0 Å². The van der Waals surface area contributed by atoms with Gasteiger partial charge < -0.3 is 4.57 Å². The van der Waals surface area contributed by atoms with Gasteiger partial charge in [0.1, 0.15) is 8.24 Å². The summed E-state index contributed by atoms with van der Waals surface area (Å²) in [4.78, 5) is 0. The Hall–Kier alpha value is -1.12. The van der Waals surface area contributed by atoms with E-state index in [2.05, 4.69) is 96.4 Å². The highest BCUT2D eigenvalue weighted by Crippen LogP contribution is 2.61. The topological polar surface area (TPSA) is 3.24 Å². The molecule has 2 heteroatoms. The van der Waals surface area contributed by atoms with Crippen LogP contribution in [0.3, 0.4) is 0 Å². The molecule has 33 heavy (non-hydrogen) atoms. The summed E-state index contributed by atoms with van der Waals surface area (Å²) in [5.41, 5.74) is 7.73. The van der Waals surface area contributed by atoms with Crippen LogP contribution in [-0.2, 0) is 5.41 Å². The summed E-state index contributed by atoms with van der Waals surface area (Å²) in [6.45, 7) is 19.9. The summed E-state index contributed by atoms with van der Waals surface area (Å²) in [6.07, 6.45) is 12.8. The van der Waals surface area contributed by atoms with Crippen molar-refractivity contribution in [2.45, 2.75) is 122 Å². The molecule has 1 aromatic carbocycles. The van der Waals surface area contributed by atoms with Crippen molar-refractivity contribution in [3.63, 3.8) is 0 Å². The standard InChI is InChI=1S/C31H47NSi/c1-29(2,3)32(30(4,5)6)33(18-12-9-13-19-33)28-17-16-22-20-25-23-14-10-11-15-26(23)31(7,8)27(25)21-24(22)28/h10-11,14-15,20-22,24,28H,9,12-13,16-19H2,1-8H3. The molecule has 3 aliphatic carbocycles. The minimum Gasteiger partial charge on any atom is -0.314 e. The van der Waals surface area contributed by atoms with E-state index in [1.54, 1.807) is 11.1 Å². The smallest absolute Gasteiger partial charge is 0.133 e. The Bertz CT molecular complexity index is 963. The minimum atomic E-state index is -1.67. The molecule has 1 aromatic rings. The molecule has 4 aliphatic rings. The van der Waals surface area contributed by atoms with E-state index >= 15 is 0 Å². The summed E-state index contributed by atoms with van der Waals surface area (Å²) in [7, 11) is -1.67. The van der Waals surface area contributed by atoms with Crippen LogP contribution in [0.25, 0.3) is 5.57 Å². The van der Waals surface area contributed by atoms with Crippen molar-refractivity contribution in [1.82, 2.24) is 4.57 Å². The predicted octanol–water partition coefficient (Wildman–Crippen LogP) is 8.73. The molecule has 1 aliphatic heterocycles. The number of hydrogen-bond acceptors (Lipinski definition) is 1. The van der Waals surface area contributed by atoms with Crippen LogP contribution in [0.2, 0.25) is 17.6 Å². The van der Waals surface area contributed by atoms with Gasteiger partial charge >= 0.3 is 0 Å². The van der Waals surface area contributed by atoms with Crippen molar-refractivity contribution < 1.29 is 0 Å². The first kappa shape index (κ1) is 23.6. The first-order chi connectivity index (χ1) is 15.4. The predicted molar refractivity (Wildman–Crippen MR) is 146 cm³/mol. The van der Waals surface area contributed by atoms with Gasteiger partial charge in [0.2, 0.25) is 0 Å². The fourth-order valence-electron chi connectivity index (χ4n) is 9.16. The van der Waals surface area contributed by atoms with E-state index in [-0.39, 0.29) is 16.5 Å². The molecule has 3 unspecified atom stereocenters. The van der Waals surface area contributed by atoms with Crippen molar-refractivity contribution in [2.75, 3.05) is 0 Å². The first-order valence-corrected chi connectivity index (χ1v) is 16.2. The Morgan fingerprint density at radius 2 is 1.48 bits per heavy atom.